The van der Waals surface area contributed by atoms with Crippen LogP contribution in [0.25, 0.3) is 0 Å². The van der Waals surface area contributed by atoms with Gasteiger partial charge in [0.2, 0.25) is 10.0 Å². The molecule has 26 heavy (non-hydrogen) atoms. The number of aryl methyl sites for hydroxylation is 1. The van der Waals surface area contributed by atoms with Crippen molar-refractivity contribution in [2.24, 2.45) is 0 Å². The van der Waals surface area contributed by atoms with Crippen molar-refractivity contribution in [2.75, 3.05) is 28.9 Å². The molecular weight excluding hydrogens is 350 g/mol. The third kappa shape index (κ3) is 6.00. The van der Waals surface area contributed by atoms with Crippen LogP contribution in [0.5, 0.6) is 0 Å². The van der Waals surface area contributed by atoms with Gasteiger partial charge in [0.15, 0.2) is 0 Å². The van der Waals surface area contributed by atoms with Gasteiger partial charge in [0.25, 0.3) is 0 Å². The first-order chi connectivity index (χ1) is 12.6. The van der Waals surface area contributed by atoms with E-state index in [-0.39, 0.29) is 11.9 Å². The minimum Gasteiger partial charge on any atom is -0.381 e. The molecule has 6 nitrogen and oxygen atoms in total. The Morgan fingerprint density at radius 3 is 2.69 bits per heavy atom. The number of ether oxygens (including phenoxy) is 1. The van der Waals surface area contributed by atoms with Crippen molar-refractivity contribution < 1.29 is 13.2 Å². The lowest BCUT2D eigenvalue weighted by Crippen LogP contribution is -2.19. The second kappa shape index (κ2) is 9.00. The summed E-state index contributed by atoms with van der Waals surface area (Å²) in [5.41, 5.74) is 2.00. The van der Waals surface area contributed by atoms with Gasteiger partial charge < -0.3 is 10.1 Å². The Morgan fingerprint density at radius 2 is 2.00 bits per heavy atom. The van der Waals surface area contributed by atoms with Crippen molar-refractivity contribution in [3.63, 3.8) is 0 Å². The molecule has 2 aromatic rings. The highest BCUT2D eigenvalue weighted by molar-refractivity contribution is 7.92. The number of hydrogen-bond donors (Lipinski definition) is 2. The topological polar surface area (TPSA) is 80.3 Å². The van der Waals surface area contributed by atoms with Crippen molar-refractivity contribution >= 4 is 21.5 Å². The highest BCUT2D eigenvalue weighted by atomic mass is 32.2. The highest BCUT2D eigenvalue weighted by Gasteiger charge is 2.15. The molecular formula is C19H25N3O3S. The molecule has 7 heteroatoms. The van der Waals surface area contributed by atoms with Gasteiger partial charge in [-0.05, 0) is 43.4 Å². The lowest BCUT2D eigenvalue weighted by molar-refractivity contribution is 0.120. The minimum absolute atomic E-state index is 0.0720. The zero-order chi connectivity index (χ0) is 18.2. The summed E-state index contributed by atoms with van der Waals surface area (Å²) in [6.45, 7) is 1.57. The molecule has 2 heterocycles. The molecule has 3 rings (SSSR count). The Bertz CT molecular complexity index is 773. The van der Waals surface area contributed by atoms with Crippen LogP contribution >= 0.6 is 0 Å². The fourth-order valence-corrected chi connectivity index (χ4v) is 3.98. The Kier molecular flexibility index (Phi) is 6.46. The van der Waals surface area contributed by atoms with E-state index in [1.807, 2.05) is 36.4 Å². The minimum atomic E-state index is -3.40. The van der Waals surface area contributed by atoms with E-state index in [2.05, 4.69) is 15.0 Å². The molecule has 1 aromatic heterocycles. The average molecular weight is 375 g/mol. The summed E-state index contributed by atoms with van der Waals surface area (Å²) in [5, 5.41) is 3.26. The summed E-state index contributed by atoms with van der Waals surface area (Å²) in [6, 6.07) is 13.4. The number of anilines is 2. The molecule has 0 amide bonds. The normalized spacial score (nSPS) is 17.2. The molecule has 1 saturated heterocycles. The second-order valence-electron chi connectivity index (χ2n) is 6.46. The number of benzene rings is 1. The van der Waals surface area contributed by atoms with E-state index < -0.39 is 10.0 Å². The molecule has 1 aromatic carbocycles. The molecule has 1 aliphatic rings. The first-order valence-electron chi connectivity index (χ1n) is 8.97. The lowest BCUT2D eigenvalue weighted by Gasteiger charge is -2.12. The van der Waals surface area contributed by atoms with Gasteiger partial charge in [0.1, 0.15) is 5.82 Å². The number of pyridine rings is 1. The molecule has 1 aliphatic heterocycles. The molecule has 1 fully saturated rings. The third-order valence-corrected chi connectivity index (χ3v) is 5.65. The van der Waals surface area contributed by atoms with E-state index in [9.17, 15) is 8.42 Å². The molecule has 140 valence electrons. The number of sulfonamides is 1. The molecule has 0 spiro atoms. The molecule has 2 N–H and O–H groups in total. The van der Waals surface area contributed by atoms with Gasteiger partial charge >= 0.3 is 0 Å². The molecule has 0 bridgehead atoms. The van der Waals surface area contributed by atoms with Crippen molar-refractivity contribution in [3.8, 4) is 0 Å². The summed E-state index contributed by atoms with van der Waals surface area (Å²) in [5.74, 6) is 0.412. The van der Waals surface area contributed by atoms with E-state index >= 15 is 0 Å². The maximum atomic E-state index is 12.2. The molecule has 1 unspecified atom stereocenters. The average Bonchev–Trinajstić information content (AvgIpc) is 3.15. The van der Waals surface area contributed by atoms with Gasteiger partial charge in [-0.1, -0.05) is 30.3 Å². The summed E-state index contributed by atoms with van der Waals surface area (Å²) in [4.78, 5) is 4.18. The summed E-state index contributed by atoms with van der Waals surface area (Å²) >= 11 is 0. The SMILES string of the molecule is O=S(=O)(CCCc1ccccc1)Nc1ccc(NCC2CCCO2)cn1. The summed E-state index contributed by atoms with van der Waals surface area (Å²) in [7, 11) is -3.40. The van der Waals surface area contributed by atoms with Crippen molar-refractivity contribution in [2.45, 2.75) is 31.8 Å². The maximum absolute atomic E-state index is 12.2. The first-order valence-corrected chi connectivity index (χ1v) is 10.6. The van der Waals surface area contributed by atoms with Gasteiger partial charge in [0, 0.05) is 13.2 Å². The van der Waals surface area contributed by atoms with Crippen LogP contribution in [0.1, 0.15) is 24.8 Å². The number of nitrogens with one attached hydrogen (secondary N) is 2. The van der Waals surface area contributed by atoms with Crippen LogP contribution in [0.2, 0.25) is 0 Å². The van der Waals surface area contributed by atoms with E-state index in [0.29, 0.717) is 12.2 Å². The van der Waals surface area contributed by atoms with Crippen LogP contribution in [0.3, 0.4) is 0 Å². The quantitative estimate of drug-likeness (QED) is 0.704. The number of aromatic nitrogens is 1. The van der Waals surface area contributed by atoms with Crippen molar-refractivity contribution in [1.29, 1.82) is 0 Å². The number of rotatable bonds is 9. The molecule has 0 aliphatic carbocycles. The first kappa shape index (κ1) is 18.7. The fourth-order valence-electron chi connectivity index (χ4n) is 2.92. The van der Waals surface area contributed by atoms with Crippen LogP contribution in [-0.4, -0.2) is 38.4 Å². The van der Waals surface area contributed by atoms with E-state index in [0.717, 1.165) is 43.7 Å². The number of hydrogen-bond acceptors (Lipinski definition) is 5. The Balaban J connectivity index is 1.44. The second-order valence-corrected chi connectivity index (χ2v) is 8.30. The van der Waals surface area contributed by atoms with Crippen LogP contribution in [0, 0.1) is 0 Å². The van der Waals surface area contributed by atoms with Crippen LogP contribution < -0.4 is 10.0 Å². The molecule has 0 saturated carbocycles. The summed E-state index contributed by atoms with van der Waals surface area (Å²) < 4.78 is 32.5. The standard InChI is InChI=1S/C19H25N3O3S/c23-26(24,13-5-8-16-6-2-1-3-7-16)22-19-11-10-17(14-21-19)20-15-18-9-4-12-25-18/h1-3,6-7,10-11,14,18,20H,4-5,8-9,12-13,15H2,(H,21,22). The van der Waals surface area contributed by atoms with Crippen LogP contribution in [0.15, 0.2) is 48.7 Å². The fraction of sp³-hybridized carbons (Fsp3) is 0.421. The van der Waals surface area contributed by atoms with E-state index in [1.54, 1.807) is 12.3 Å². The van der Waals surface area contributed by atoms with Crippen molar-refractivity contribution in [1.82, 2.24) is 4.98 Å². The van der Waals surface area contributed by atoms with Crippen LogP contribution in [0.4, 0.5) is 11.5 Å². The highest BCUT2D eigenvalue weighted by Crippen LogP contribution is 2.15. The Hall–Kier alpha value is -2.12. The monoisotopic (exact) mass is 375 g/mol. The predicted molar refractivity (Wildman–Crippen MR) is 104 cm³/mol. The molecule has 0 radical (unpaired) electrons. The molecule has 1 atom stereocenters. The summed E-state index contributed by atoms with van der Waals surface area (Å²) in [6.07, 6.45) is 5.37. The van der Waals surface area contributed by atoms with Gasteiger partial charge in [-0.15, -0.1) is 0 Å². The third-order valence-electron chi connectivity index (χ3n) is 4.30. The number of nitrogens with zero attached hydrogens (tertiary/aromatic N) is 1. The van der Waals surface area contributed by atoms with Crippen molar-refractivity contribution in [3.05, 3.63) is 54.2 Å². The maximum Gasteiger partial charge on any atom is 0.233 e. The van der Waals surface area contributed by atoms with Gasteiger partial charge in [0.05, 0.1) is 23.7 Å². The van der Waals surface area contributed by atoms with E-state index in [4.69, 9.17) is 4.74 Å². The zero-order valence-electron chi connectivity index (χ0n) is 14.7. The largest absolute Gasteiger partial charge is 0.381 e. The zero-order valence-corrected chi connectivity index (χ0v) is 15.5. The lowest BCUT2D eigenvalue weighted by atomic mass is 10.1. The van der Waals surface area contributed by atoms with E-state index in [1.165, 1.54) is 0 Å². The Labute approximate surface area is 155 Å². The van der Waals surface area contributed by atoms with Gasteiger partial charge in [-0.25, -0.2) is 13.4 Å². The smallest absolute Gasteiger partial charge is 0.233 e. The van der Waals surface area contributed by atoms with Crippen LogP contribution in [-0.2, 0) is 21.2 Å². The van der Waals surface area contributed by atoms with Gasteiger partial charge in [-0.3, -0.25) is 4.72 Å². The van der Waals surface area contributed by atoms with Gasteiger partial charge in [-0.2, -0.15) is 0 Å². The Morgan fingerprint density at radius 1 is 1.15 bits per heavy atom. The predicted octanol–water partition coefficient (Wildman–Crippen LogP) is 3.05.